The molecule has 1 aliphatic carbocycles. The van der Waals surface area contributed by atoms with Gasteiger partial charge in [-0.3, -0.25) is 4.79 Å². The Hall–Kier alpha value is -1.06. The molecular weight excluding hydrogens is 284 g/mol. The lowest BCUT2D eigenvalue weighted by molar-refractivity contribution is -0.131. The number of carbonyl (C=O) groups is 1. The summed E-state index contributed by atoms with van der Waals surface area (Å²) in [5.41, 5.74) is 2.37. The Kier molecular flexibility index (Phi) is 5.65. The predicted octanol–water partition coefficient (Wildman–Crippen LogP) is 2.70. The van der Waals surface area contributed by atoms with Crippen molar-refractivity contribution in [1.82, 2.24) is 10.2 Å². The fourth-order valence-corrected chi connectivity index (χ4v) is 3.09. The predicted molar refractivity (Wildman–Crippen MR) is 87.9 cm³/mol. The molecule has 3 rings (SSSR count). The fourth-order valence-electron chi connectivity index (χ4n) is 3.09. The standard InChI is InChI=1S/C17H24N2O.ClH/c1-13-4-2-5-14(10-13)11-17(20)19(16-7-8-16)12-15-6-3-9-18-15;/h2,4-5,10,15-16,18H,3,6-9,11-12H2,1H3;1H. The van der Waals surface area contributed by atoms with E-state index in [0.29, 0.717) is 24.4 Å². The molecule has 1 saturated heterocycles. The molecule has 0 bridgehead atoms. The van der Waals surface area contributed by atoms with E-state index in [-0.39, 0.29) is 12.4 Å². The van der Waals surface area contributed by atoms with E-state index in [1.165, 1.54) is 31.2 Å². The fraction of sp³-hybridized carbons (Fsp3) is 0.588. The molecule has 116 valence electrons. The second-order valence-corrected chi connectivity index (χ2v) is 6.24. The molecule has 4 heteroatoms. The molecule has 1 amide bonds. The van der Waals surface area contributed by atoms with Crippen LogP contribution in [0.2, 0.25) is 0 Å². The van der Waals surface area contributed by atoms with Crippen molar-refractivity contribution >= 4 is 18.3 Å². The van der Waals surface area contributed by atoms with Gasteiger partial charge in [0.2, 0.25) is 5.91 Å². The van der Waals surface area contributed by atoms with Crippen LogP contribution in [0.15, 0.2) is 24.3 Å². The van der Waals surface area contributed by atoms with Crippen molar-refractivity contribution < 1.29 is 4.79 Å². The number of aryl methyl sites for hydroxylation is 1. The number of rotatable bonds is 5. The molecule has 1 N–H and O–H groups in total. The SMILES string of the molecule is Cc1cccc(CC(=O)N(CC2CCCN2)C2CC2)c1.Cl. The van der Waals surface area contributed by atoms with Gasteiger partial charge >= 0.3 is 0 Å². The second-order valence-electron chi connectivity index (χ2n) is 6.24. The number of nitrogens with zero attached hydrogens (tertiary/aromatic N) is 1. The first kappa shape index (κ1) is 16.3. The van der Waals surface area contributed by atoms with Crippen LogP contribution in [0, 0.1) is 6.92 Å². The molecule has 0 spiro atoms. The molecule has 1 aliphatic heterocycles. The van der Waals surface area contributed by atoms with E-state index in [1.807, 2.05) is 6.07 Å². The zero-order valence-corrected chi connectivity index (χ0v) is 13.5. The maximum atomic E-state index is 12.6. The molecule has 0 radical (unpaired) electrons. The smallest absolute Gasteiger partial charge is 0.227 e. The number of halogens is 1. The molecule has 1 atom stereocenters. The molecule has 3 nitrogen and oxygen atoms in total. The first-order chi connectivity index (χ1) is 9.72. The van der Waals surface area contributed by atoms with E-state index in [2.05, 4.69) is 35.3 Å². The van der Waals surface area contributed by atoms with E-state index in [1.54, 1.807) is 0 Å². The van der Waals surface area contributed by atoms with E-state index in [0.717, 1.165) is 18.7 Å². The number of carbonyl (C=O) groups excluding carboxylic acids is 1. The van der Waals surface area contributed by atoms with E-state index in [4.69, 9.17) is 0 Å². The molecule has 1 saturated carbocycles. The van der Waals surface area contributed by atoms with Gasteiger partial charge in [0.15, 0.2) is 0 Å². The summed E-state index contributed by atoms with van der Waals surface area (Å²) >= 11 is 0. The Morgan fingerprint density at radius 2 is 2.14 bits per heavy atom. The average Bonchev–Trinajstić information content (AvgIpc) is 3.12. The third-order valence-electron chi connectivity index (χ3n) is 4.33. The minimum atomic E-state index is 0. The summed E-state index contributed by atoms with van der Waals surface area (Å²) < 4.78 is 0. The van der Waals surface area contributed by atoms with Gasteiger partial charge in [0.05, 0.1) is 6.42 Å². The Morgan fingerprint density at radius 3 is 2.76 bits per heavy atom. The van der Waals surface area contributed by atoms with Gasteiger partial charge in [0.1, 0.15) is 0 Å². The van der Waals surface area contributed by atoms with Crippen LogP contribution in [-0.4, -0.2) is 36.0 Å². The monoisotopic (exact) mass is 308 g/mol. The van der Waals surface area contributed by atoms with Crippen LogP contribution in [0.5, 0.6) is 0 Å². The van der Waals surface area contributed by atoms with Crippen LogP contribution < -0.4 is 5.32 Å². The zero-order chi connectivity index (χ0) is 13.9. The van der Waals surface area contributed by atoms with Crippen LogP contribution in [0.25, 0.3) is 0 Å². The second kappa shape index (κ2) is 7.28. The van der Waals surface area contributed by atoms with Gasteiger partial charge in [0, 0.05) is 18.6 Å². The van der Waals surface area contributed by atoms with Crippen LogP contribution in [-0.2, 0) is 11.2 Å². The summed E-state index contributed by atoms with van der Waals surface area (Å²) in [6, 6.07) is 9.32. The van der Waals surface area contributed by atoms with Crippen LogP contribution in [0.3, 0.4) is 0 Å². The van der Waals surface area contributed by atoms with Crippen molar-refractivity contribution in [3.05, 3.63) is 35.4 Å². The van der Waals surface area contributed by atoms with Crippen molar-refractivity contribution in [3.8, 4) is 0 Å². The third-order valence-corrected chi connectivity index (χ3v) is 4.33. The maximum Gasteiger partial charge on any atom is 0.227 e. The van der Waals surface area contributed by atoms with Crippen LogP contribution >= 0.6 is 12.4 Å². The zero-order valence-electron chi connectivity index (χ0n) is 12.7. The summed E-state index contributed by atoms with van der Waals surface area (Å²) in [7, 11) is 0. The summed E-state index contributed by atoms with van der Waals surface area (Å²) in [6.07, 6.45) is 5.37. The minimum absolute atomic E-state index is 0. The highest BCUT2D eigenvalue weighted by Crippen LogP contribution is 2.28. The highest BCUT2D eigenvalue weighted by molar-refractivity contribution is 5.85. The number of hydrogen-bond donors (Lipinski definition) is 1. The summed E-state index contributed by atoms with van der Waals surface area (Å²) in [6.45, 7) is 4.08. The van der Waals surface area contributed by atoms with E-state index >= 15 is 0 Å². The maximum absolute atomic E-state index is 12.6. The highest BCUT2D eigenvalue weighted by atomic mass is 35.5. The van der Waals surface area contributed by atoms with Crippen LogP contribution in [0.1, 0.15) is 36.8 Å². The van der Waals surface area contributed by atoms with Gasteiger partial charge in [-0.15, -0.1) is 12.4 Å². The highest BCUT2D eigenvalue weighted by Gasteiger charge is 2.34. The van der Waals surface area contributed by atoms with Gasteiger partial charge in [0.25, 0.3) is 0 Å². The molecule has 2 aliphatic rings. The molecule has 0 aromatic heterocycles. The molecule has 1 heterocycles. The van der Waals surface area contributed by atoms with Crippen molar-refractivity contribution in [2.75, 3.05) is 13.1 Å². The van der Waals surface area contributed by atoms with Crippen molar-refractivity contribution in [3.63, 3.8) is 0 Å². The van der Waals surface area contributed by atoms with Crippen molar-refractivity contribution in [1.29, 1.82) is 0 Å². The number of amides is 1. The average molecular weight is 309 g/mol. The minimum Gasteiger partial charge on any atom is -0.338 e. The Bertz CT molecular complexity index is 481. The number of nitrogens with one attached hydrogen (secondary N) is 1. The van der Waals surface area contributed by atoms with E-state index < -0.39 is 0 Å². The Morgan fingerprint density at radius 1 is 1.33 bits per heavy atom. The first-order valence-electron chi connectivity index (χ1n) is 7.81. The summed E-state index contributed by atoms with van der Waals surface area (Å²) in [5.74, 6) is 0.298. The normalized spacial score (nSPS) is 20.9. The number of hydrogen-bond acceptors (Lipinski definition) is 2. The topological polar surface area (TPSA) is 32.3 Å². The molecule has 1 aromatic carbocycles. The van der Waals surface area contributed by atoms with Gasteiger partial charge in [-0.2, -0.15) is 0 Å². The molecule has 1 unspecified atom stereocenters. The van der Waals surface area contributed by atoms with Crippen LogP contribution in [0.4, 0.5) is 0 Å². The first-order valence-corrected chi connectivity index (χ1v) is 7.81. The quantitative estimate of drug-likeness (QED) is 0.907. The lowest BCUT2D eigenvalue weighted by atomic mass is 10.1. The Labute approximate surface area is 133 Å². The Balaban J connectivity index is 0.00000161. The van der Waals surface area contributed by atoms with Gasteiger partial charge in [-0.05, 0) is 44.7 Å². The third kappa shape index (κ3) is 4.45. The number of benzene rings is 1. The van der Waals surface area contributed by atoms with E-state index in [9.17, 15) is 4.79 Å². The molecular formula is C17H25ClN2O. The van der Waals surface area contributed by atoms with Gasteiger partial charge in [-0.25, -0.2) is 0 Å². The molecule has 21 heavy (non-hydrogen) atoms. The lowest BCUT2D eigenvalue weighted by Crippen LogP contribution is -2.43. The summed E-state index contributed by atoms with van der Waals surface area (Å²) in [4.78, 5) is 14.7. The lowest BCUT2D eigenvalue weighted by Gasteiger charge is -2.26. The molecule has 2 fully saturated rings. The largest absolute Gasteiger partial charge is 0.338 e. The summed E-state index contributed by atoms with van der Waals surface area (Å²) in [5, 5.41) is 3.50. The van der Waals surface area contributed by atoms with Gasteiger partial charge in [-0.1, -0.05) is 29.8 Å². The van der Waals surface area contributed by atoms with Crippen molar-refractivity contribution in [2.24, 2.45) is 0 Å². The van der Waals surface area contributed by atoms with Gasteiger partial charge < -0.3 is 10.2 Å². The molecule has 1 aromatic rings. The van der Waals surface area contributed by atoms with Crippen molar-refractivity contribution in [2.45, 2.75) is 51.1 Å².